The second-order valence-electron chi connectivity index (χ2n) is 9.26. The molecule has 0 aliphatic heterocycles. The maximum atomic E-state index is 12.4. The lowest BCUT2D eigenvalue weighted by Gasteiger charge is -2.28. The SMILES string of the molecule is CCNc1nc(Nc2ccc(C#N)cc2)ncc1C#CCCCNC(=O)[C@H](C)N(C)C(=O)OC(C)(C)C. The molecular formula is C27H35N7O3. The first-order valence-electron chi connectivity index (χ1n) is 12.1. The van der Waals surface area contributed by atoms with Gasteiger partial charge in [0.05, 0.1) is 23.4 Å². The van der Waals surface area contributed by atoms with Crippen LogP contribution in [0, 0.1) is 23.2 Å². The average Bonchev–Trinajstić information content (AvgIpc) is 2.85. The Bertz CT molecular complexity index is 1170. The summed E-state index contributed by atoms with van der Waals surface area (Å²) in [7, 11) is 1.54. The first kappa shape index (κ1) is 28.9. The van der Waals surface area contributed by atoms with Gasteiger partial charge in [-0.15, -0.1) is 0 Å². The molecule has 196 valence electrons. The van der Waals surface area contributed by atoms with Crippen LogP contribution in [0.4, 0.5) is 22.2 Å². The van der Waals surface area contributed by atoms with Crippen molar-refractivity contribution in [1.82, 2.24) is 20.2 Å². The molecule has 1 heterocycles. The fourth-order valence-electron chi connectivity index (χ4n) is 2.95. The van der Waals surface area contributed by atoms with Gasteiger partial charge < -0.3 is 20.7 Å². The molecule has 2 aromatic rings. The highest BCUT2D eigenvalue weighted by Gasteiger charge is 2.26. The average molecular weight is 506 g/mol. The molecule has 0 aliphatic rings. The maximum Gasteiger partial charge on any atom is 0.410 e. The van der Waals surface area contributed by atoms with Crippen molar-refractivity contribution in [3.63, 3.8) is 0 Å². The van der Waals surface area contributed by atoms with Crippen LogP contribution in [0.5, 0.6) is 0 Å². The van der Waals surface area contributed by atoms with E-state index in [-0.39, 0.29) is 5.91 Å². The van der Waals surface area contributed by atoms with Crippen LogP contribution >= 0.6 is 0 Å². The molecule has 0 radical (unpaired) electrons. The monoisotopic (exact) mass is 505 g/mol. The van der Waals surface area contributed by atoms with E-state index in [4.69, 9.17) is 10.00 Å². The Hall–Kier alpha value is -4.31. The highest BCUT2D eigenvalue weighted by molar-refractivity contribution is 5.85. The smallest absolute Gasteiger partial charge is 0.410 e. The van der Waals surface area contributed by atoms with Gasteiger partial charge in [-0.1, -0.05) is 11.8 Å². The van der Waals surface area contributed by atoms with Crippen molar-refractivity contribution in [1.29, 1.82) is 5.26 Å². The van der Waals surface area contributed by atoms with Gasteiger partial charge >= 0.3 is 6.09 Å². The van der Waals surface area contributed by atoms with Gasteiger partial charge in [0.15, 0.2) is 0 Å². The van der Waals surface area contributed by atoms with E-state index in [0.717, 1.165) is 5.69 Å². The number of benzene rings is 1. The molecule has 10 nitrogen and oxygen atoms in total. The number of carbonyl (C=O) groups is 2. The van der Waals surface area contributed by atoms with Crippen LogP contribution in [0.2, 0.25) is 0 Å². The molecule has 1 atom stereocenters. The summed E-state index contributed by atoms with van der Waals surface area (Å²) < 4.78 is 5.30. The number of unbranched alkanes of at least 4 members (excludes halogenated alkanes) is 1. The zero-order valence-electron chi connectivity index (χ0n) is 22.3. The largest absolute Gasteiger partial charge is 0.444 e. The van der Waals surface area contributed by atoms with Crippen molar-refractivity contribution in [3.8, 4) is 17.9 Å². The fraction of sp³-hybridized carbons (Fsp3) is 0.444. The number of ether oxygens (including phenoxy) is 1. The first-order chi connectivity index (χ1) is 17.5. The standard InChI is InChI=1S/C27H35N7O3/c1-7-29-23-21(18-31-25(33-23)32-22-14-12-20(17-28)13-15-22)11-9-8-10-16-30-24(35)19(2)34(6)26(36)37-27(3,4)5/h12-15,18-19H,7-8,10,16H2,1-6H3,(H,30,35)(H2,29,31,32,33)/t19-/m0/s1. The van der Waals surface area contributed by atoms with Crippen LogP contribution in [0.1, 0.15) is 58.6 Å². The molecule has 2 rings (SSSR count). The van der Waals surface area contributed by atoms with E-state index in [9.17, 15) is 9.59 Å². The van der Waals surface area contributed by atoms with Gasteiger partial charge in [-0.2, -0.15) is 10.2 Å². The minimum atomic E-state index is -0.655. The van der Waals surface area contributed by atoms with Gasteiger partial charge in [-0.3, -0.25) is 9.69 Å². The van der Waals surface area contributed by atoms with Crippen LogP contribution in [-0.4, -0.2) is 58.6 Å². The van der Waals surface area contributed by atoms with Crippen LogP contribution < -0.4 is 16.0 Å². The summed E-state index contributed by atoms with van der Waals surface area (Å²) in [6.45, 7) is 10.1. The molecule has 1 aromatic carbocycles. The summed E-state index contributed by atoms with van der Waals surface area (Å²) in [5.74, 6) is 6.96. The molecule has 2 amide bonds. The molecule has 0 unspecified atom stereocenters. The Labute approximate surface area is 218 Å². The molecule has 10 heteroatoms. The summed E-state index contributed by atoms with van der Waals surface area (Å²) in [6.07, 6.45) is 2.32. The molecule has 3 N–H and O–H groups in total. The number of carbonyl (C=O) groups excluding carboxylic acids is 2. The third-order valence-corrected chi connectivity index (χ3v) is 5.05. The second-order valence-corrected chi connectivity index (χ2v) is 9.26. The van der Waals surface area contributed by atoms with Crippen molar-refractivity contribution in [2.75, 3.05) is 30.8 Å². The van der Waals surface area contributed by atoms with Crippen molar-refractivity contribution < 1.29 is 14.3 Å². The molecule has 0 fully saturated rings. The summed E-state index contributed by atoms with van der Waals surface area (Å²) in [4.78, 5) is 34.7. The molecule has 0 spiro atoms. The quantitative estimate of drug-likeness (QED) is 0.344. The molecular weight excluding hydrogens is 470 g/mol. The number of hydrogen-bond donors (Lipinski definition) is 3. The van der Waals surface area contributed by atoms with Gasteiger partial charge in [0.25, 0.3) is 0 Å². The van der Waals surface area contributed by atoms with Gasteiger partial charge in [-0.05, 0) is 65.3 Å². The number of amides is 2. The van der Waals surface area contributed by atoms with Crippen LogP contribution in [0.3, 0.4) is 0 Å². The summed E-state index contributed by atoms with van der Waals surface area (Å²) in [5.41, 5.74) is 1.39. The number of nitrogens with zero attached hydrogens (tertiary/aromatic N) is 4. The molecule has 37 heavy (non-hydrogen) atoms. The number of nitrogens with one attached hydrogen (secondary N) is 3. The van der Waals surface area contributed by atoms with Crippen LogP contribution in [0.15, 0.2) is 30.5 Å². The Morgan fingerprint density at radius 2 is 1.92 bits per heavy atom. The number of hydrogen-bond acceptors (Lipinski definition) is 8. The Kier molecular flexibility index (Phi) is 10.7. The molecule has 0 bridgehead atoms. The van der Waals surface area contributed by atoms with Gasteiger partial charge in [0.1, 0.15) is 17.5 Å². The zero-order valence-corrected chi connectivity index (χ0v) is 22.3. The molecule has 0 saturated carbocycles. The molecule has 0 aliphatic carbocycles. The van der Waals surface area contributed by atoms with E-state index in [1.54, 1.807) is 65.2 Å². The number of rotatable bonds is 9. The van der Waals surface area contributed by atoms with E-state index in [1.165, 1.54) is 4.90 Å². The highest BCUT2D eigenvalue weighted by Crippen LogP contribution is 2.17. The van der Waals surface area contributed by atoms with Crippen LogP contribution in [0.25, 0.3) is 0 Å². The van der Waals surface area contributed by atoms with E-state index < -0.39 is 17.7 Å². The van der Waals surface area contributed by atoms with E-state index in [1.807, 2.05) is 6.92 Å². The lowest BCUT2D eigenvalue weighted by atomic mass is 10.2. The topological polar surface area (TPSA) is 132 Å². The number of anilines is 3. The van der Waals surface area contributed by atoms with Crippen molar-refractivity contribution in [2.45, 2.75) is 59.1 Å². The van der Waals surface area contributed by atoms with Gasteiger partial charge in [0.2, 0.25) is 11.9 Å². The molecule has 0 saturated heterocycles. The number of likely N-dealkylation sites (N-methyl/N-ethyl adjacent to an activating group) is 1. The third-order valence-electron chi connectivity index (χ3n) is 5.05. The van der Waals surface area contributed by atoms with Crippen molar-refractivity contribution >= 4 is 29.5 Å². The predicted octanol–water partition coefficient (Wildman–Crippen LogP) is 4.03. The summed E-state index contributed by atoms with van der Waals surface area (Å²) in [6, 6.07) is 8.44. The van der Waals surface area contributed by atoms with E-state index >= 15 is 0 Å². The lowest BCUT2D eigenvalue weighted by Crippen LogP contribution is -2.47. The number of nitriles is 1. The summed E-state index contributed by atoms with van der Waals surface area (Å²) in [5, 5.41) is 18.1. The van der Waals surface area contributed by atoms with Gasteiger partial charge in [0, 0.05) is 32.2 Å². The maximum absolute atomic E-state index is 12.4. The Balaban J connectivity index is 1.87. The van der Waals surface area contributed by atoms with E-state index in [0.29, 0.717) is 48.8 Å². The first-order valence-corrected chi connectivity index (χ1v) is 12.1. The minimum absolute atomic E-state index is 0.255. The Morgan fingerprint density at radius 1 is 1.22 bits per heavy atom. The van der Waals surface area contributed by atoms with Crippen molar-refractivity contribution in [3.05, 3.63) is 41.6 Å². The lowest BCUT2D eigenvalue weighted by molar-refractivity contribution is -0.125. The zero-order chi connectivity index (χ0) is 27.4. The second kappa shape index (κ2) is 13.7. The van der Waals surface area contributed by atoms with Crippen LogP contribution in [-0.2, 0) is 9.53 Å². The Morgan fingerprint density at radius 3 is 2.54 bits per heavy atom. The van der Waals surface area contributed by atoms with E-state index in [2.05, 4.69) is 43.8 Å². The van der Waals surface area contributed by atoms with Crippen molar-refractivity contribution in [2.24, 2.45) is 0 Å². The predicted molar refractivity (Wildman–Crippen MR) is 143 cm³/mol. The molecule has 1 aromatic heterocycles. The number of aromatic nitrogens is 2. The summed E-state index contributed by atoms with van der Waals surface area (Å²) >= 11 is 0. The van der Waals surface area contributed by atoms with Gasteiger partial charge in [-0.25, -0.2) is 9.78 Å². The fourth-order valence-corrected chi connectivity index (χ4v) is 2.95. The third kappa shape index (κ3) is 9.69. The highest BCUT2D eigenvalue weighted by atomic mass is 16.6. The normalized spacial score (nSPS) is 11.3. The minimum Gasteiger partial charge on any atom is -0.444 e.